The SMILES string of the molecule is C#CCCC1(CCNC(=O)CCCn2ccc(C(=O)O)n2)N=N1. The second-order valence-electron chi connectivity index (χ2n) is 5.36. The van der Waals surface area contributed by atoms with Gasteiger partial charge in [-0.25, -0.2) is 4.79 Å². The van der Waals surface area contributed by atoms with Crippen LogP contribution in [0, 0.1) is 12.3 Å². The molecule has 122 valence electrons. The van der Waals surface area contributed by atoms with Gasteiger partial charge in [0.05, 0.1) is 0 Å². The van der Waals surface area contributed by atoms with Crippen LogP contribution in [0.15, 0.2) is 22.5 Å². The Morgan fingerprint density at radius 2 is 2.17 bits per heavy atom. The van der Waals surface area contributed by atoms with E-state index in [1.54, 1.807) is 6.20 Å². The van der Waals surface area contributed by atoms with Crippen LogP contribution < -0.4 is 5.32 Å². The molecule has 8 nitrogen and oxygen atoms in total. The summed E-state index contributed by atoms with van der Waals surface area (Å²) in [5, 5.41) is 23.5. The number of hydrogen-bond donors (Lipinski definition) is 2. The van der Waals surface area contributed by atoms with Gasteiger partial charge in [0.1, 0.15) is 0 Å². The molecule has 23 heavy (non-hydrogen) atoms. The Labute approximate surface area is 134 Å². The van der Waals surface area contributed by atoms with Crippen molar-refractivity contribution in [2.24, 2.45) is 10.2 Å². The molecule has 0 saturated heterocycles. The molecule has 8 heteroatoms. The Kier molecular flexibility index (Phi) is 5.46. The highest BCUT2D eigenvalue weighted by Gasteiger charge is 2.38. The van der Waals surface area contributed by atoms with Crippen LogP contribution in [0.25, 0.3) is 0 Å². The number of terminal acetylenes is 1. The fourth-order valence-corrected chi connectivity index (χ4v) is 2.16. The number of nitrogens with one attached hydrogen (secondary N) is 1. The first kappa shape index (κ1) is 16.7. The van der Waals surface area contributed by atoms with Crippen molar-refractivity contribution in [1.29, 1.82) is 0 Å². The number of carboxylic acids is 1. The van der Waals surface area contributed by atoms with Crippen LogP contribution >= 0.6 is 0 Å². The maximum atomic E-state index is 11.7. The zero-order valence-electron chi connectivity index (χ0n) is 12.7. The lowest BCUT2D eigenvalue weighted by atomic mass is 10.0. The summed E-state index contributed by atoms with van der Waals surface area (Å²) in [6, 6.07) is 1.43. The van der Waals surface area contributed by atoms with Gasteiger partial charge >= 0.3 is 5.97 Å². The molecule has 0 spiro atoms. The van der Waals surface area contributed by atoms with Gasteiger partial charge in [-0.2, -0.15) is 15.3 Å². The predicted octanol–water partition coefficient (Wildman–Crippen LogP) is 1.44. The van der Waals surface area contributed by atoms with Crippen LogP contribution in [0.5, 0.6) is 0 Å². The molecule has 0 unspecified atom stereocenters. The van der Waals surface area contributed by atoms with E-state index in [2.05, 4.69) is 26.6 Å². The van der Waals surface area contributed by atoms with Crippen molar-refractivity contribution in [1.82, 2.24) is 15.1 Å². The molecule has 0 aliphatic carbocycles. The Balaban J connectivity index is 1.58. The van der Waals surface area contributed by atoms with Crippen molar-refractivity contribution in [3.63, 3.8) is 0 Å². The second-order valence-corrected chi connectivity index (χ2v) is 5.36. The van der Waals surface area contributed by atoms with E-state index in [4.69, 9.17) is 11.5 Å². The van der Waals surface area contributed by atoms with E-state index >= 15 is 0 Å². The molecule has 1 aromatic rings. The maximum absolute atomic E-state index is 11.7. The quantitative estimate of drug-likeness (QED) is 0.636. The summed E-state index contributed by atoms with van der Waals surface area (Å²) in [5.74, 6) is 1.45. The van der Waals surface area contributed by atoms with Gasteiger partial charge < -0.3 is 10.4 Å². The minimum absolute atomic E-state index is 0.00338. The van der Waals surface area contributed by atoms with Crippen molar-refractivity contribution >= 4 is 11.9 Å². The topological polar surface area (TPSA) is 109 Å². The summed E-state index contributed by atoms with van der Waals surface area (Å²) in [6.45, 7) is 1.01. The van der Waals surface area contributed by atoms with Crippen molar-refractivity contribution < 1.29 is 14.7 Å². The fourth-order valence-electron chi connectivity index (χ4n) is 2.16. The summed E-state index contributed by atoms with van der Waals surface area (Å²) in [5.41, 5.74) is -0.370. The first-order chi connectivity index (χ1) is 11.0. The highest BCUT2D eigenvalue weighted by Crippen LogP contribution is 2.35. The van der Waals surface area contributed by atoms with Gasteiger partial charge in [-0.15, -0.1) is 12.3 Å². The van der Waals surface area contributed by atoms with Crippen LogP contribution in [0.1, 0.15) is 42.6 Å². The molecule has 1 aliphatic heterocycles. The van der Waals surface area contributed by atoms with Gasteiger partial charge in [0.25, 0.3) is 0 Å². The lowest BCUT2D eigenvalue weighted by Gasteiger charge is -2.09. The summed E-state index contributed by atoms with van der Waals surface area (Å²) in [4.78, 5) is 22.4. The maximum Gasteiger partial charge on any atom is 0.356 e. The van der Waals surface area contributed by atoms with Crippen molar-refractivity contribution in [2.75, 3.05) is 6.54 Å². The third-order valence-electron chi connectivity index (χ3n) is 3.55. The molecule has 1 aromatic heterocycles. The number of aromatic nitrogens is 2. The van der Waals surface area contributed by atoms with Gasteiger partial charge in [0, 0.05) is 45.0 Å². The van der Waals surface area contributed by atoms with E-state index in [1.165, 1.54) is 10.7 Å². The number of aryl methyl sites for hydroxylation is 1. The number of aromatic carboxylic acids is 1. The number of carbonyl (C=O) groups is 2. The molecule has 0 atom stereocenters. The summed E-state index contributed by atoms with van der Waals surface area (Å²) >= 11 is 0. The number of carbonyl (C=O) groups excluding carboxylic acids is 1. The Morgan fingerprint density at radius 3 is 2.78 bits per heavy atom. The van der Waals surface area contributed by atoms with Gasteiger partial charge in [0.15, 0.2) is 11.4 Å². The van der Waals surface area contributed by atoms with Crippen molar-refractivity contribution in [3.8, 4) is 12.3 Å². The van der Waals surface area contributed by atoms with E-state index in [0.29, 0.717) is 38.8 Å². The second kappa shape index (κ2) is 7.54. The zero-order chi connectivity index (χ0) is 16.7. The van der Waals surface area contributed by atoms with Gasteiger partial charge in [-0.1, -0.05) is 0 Å². The number of rotatable bonds is 10. The molecule has 1 aliphatic rings. The normalized spacial score (nSPS) is 14.2. The summed E-state index contributed by atoms with van der Waals surface area (Å²) < 4.78 is 1.52. The zero-order valence-corrected chi connectivity index (χ0v) is 12.7. The van der Waals surface area contributed by atoms with E-state index < -0.39 is 5.97 Å². The third-order valence-corrected chi connectivity index (χ3v) is 3.55. The molecule has 2 heterocycles. The molecule has 0 aromatic carbocycles. The Hall–Kier alpha value is -2.69. The molecule has 0 fully saturated rings. The summed E-state index contributed by atoms with van der Waals surface area (Å²) in [6.07, 6.45) is 9.77. The van der Waals surface area contributed by atoms with Crippen LogP contribution in [-0.2, 0) is 11.3 Å². The van der Waals surface area contributed by atoms with Gasteiger partial charge in [-0.3, -0.25) is 9.48 Å². The van der Waals surface area contributed by atoms with Crippen LogP contribution in [0.2, 0.25) is 0 Å². The summed E-state index contributed by atoms with van der Waals surface area (Å²) in [7, 11) is 0. The molecule has 0 bridgehead atoms. The number of hydrogen-bond acceptors (Lipinski definition) is 5. The predicted molar refractivity (Wildman–Crippen MR) is 81.7 cm³/mol. The van der Waals surface area contributed by atoms with Crippen molar-refractivity contribution in [3.05, 3.63) is 18.0 Å². The van der Waals surface area contributed by atoms with Crippen molar-refractivity contribution in [2.45, 2.75) is 44.3 Å². The Bertz CT molecular complexity index is 638. The molecular weight excluding hydrogens is 298 g/mol. The highest BCUT2D eigenvalue weighted by atomic mass is 16.4. The number of amides is 1. The molecule has 0 radical (unpaired) electrons. The lowest BCUT2D eigenvalue weighted by molar-refractivity contribution is -0.121. The van der Waals surface area contributed by atoms with Gasteiger partial charge in [0.2, 0.25) is 5.91 Å². The van der Waals surface area contributed by atoms with Crippen LogP contribution in [0.4, 0.5) is 0 Å². The van der Waals surface area contributed by atoms with Gasteiger partial charge in [-0.05, 0) is 12.5 Å². The number of carboxylic acid groups (broad SMARTS) is 1. The van der Waals surface area contributed by atoms with E-state index in [-0.39, 0.29) is 17.3 Å². The average Bonchev–Trinajstić information content (AvgIpc) is 3.11. The minimum Gasteiger partial charge on any atom is -0.476 e. The molecule has 2 rings (SSSR count). The molecule has 1 amide bonds. The molecule has 2 N–H and O–H groups in total. The van der Waals surface area contributed by atoms with E-state index in [0.717, 1.165) is 6.42 Å². The highest BCUT2D eigenvalue weighted by molar-refractivity contribution is 5.85. The largest absolute Gasteiger partial charge is 0.476 e. The first-order valence-corrected chi connectivity index (χ1v) is 7.46. The smallest absolute Gasteiger partial charge is 0.356 e. The number of nitrogens with zero attached hydrogens (tertiary/aromatic N) is 4. The first-order valence-electron chi connectivity index (χ1n) is 7.46. The minimum atomic E-state index is -1.06. The van der Waals surface area contributed by atoms with E-state index in [1.807, 2.05) is 0 Å². The van der Waals surface area contributed by atoms with Crippen LogP contribution in [0.3, 0.4) is 0 Å². The lowest BCUT2D eigenvalue weighted by Crippen LogP contribution is -2.28. The van der Waals surface area contributed by atoms with Crippen LogP contribution in [-0.4, -0.2) is 39.0 Å². The molecule has 0 saturated carbocycles. The third kappa shape index (κ3) is 5.21. The monoisotopic (exact) mass is 317 g/mol. The fraction of sp³-hybridized carbons (Fsp3) is 0.533. The molecular formula is C15H19N5O3. The standard InChI is InChI=1S/C15H19N5O3/c1-2-3-7-15(18-19-15)8-9-16-13(21)5-4-10-20-11-6-12(17-20)14(22)23/h1,6,11H,3-5,7-10H2,(H,16,21)(H,22,23). The van der Waals surface area contributed by atoms with E-state index in [9.17, 15) is 9.59 Å². The average molecular weight is 317 g/mol. The Morgan fingerprint density at radius 1 is 1.39 bits per heavy atom.